The Labute approximate surface area is 200 Å². The van der Waals surface area contributed by atoms with Gasteiger partial charge in [0.1, 0.15) is 4.32 Å². The molecule has 1 saturated heterocycles. The number of amides is 3. The zero-order valence-corrected chi connectivity index (χ0v) is 19.3. The number of nitrogens with zero attached hydrogens (tertiary/aromatic N) is 1. The van der Waals surface area contributed by atoms with Crippen molar-refractivity contribution in [2.45, 2.75) is 12.8 Å². The van der Waals surface area contributed by atoms with E-state index in [4.69, 9.17) is 23.8 Å². The van der Waals surface area contributed by atoms with Gasteiger partial charge >= 0.3 is 0 Å². The van der Waals surface area contributed by atoms with E-state index in [2.05, 4.69) is 10.9 Å². The lowest BCUT2D eigenvalue weighted by Gasteiger charge is -2.14. The molecule has 0 atom stereocenters. The van der Waals surface area contributed by atoms with Crippen molar-refractivity contribution in [3.05, 3.63) is 87.8 Å². The zero-order valence-electron chi connectivity index (χ0n) is 16.9. The average Bonchev–Trinajstić information content (AvgIpc) is 3.06. The summed E-state index contributed by atoms with van der Waals surface area (Å²) in [5, 5.41) is 0.292. The Balaban J connectivity index is 1.43. The molecule has 0 radical (unpaired) electrons. The number of nitrogens with one attached hydrogen (secondary N) is 2. The van der Waals surface area contributed by atoms with Crippen LogP contribution in [0.15, 0.2) is 71.7 Å². The van der Waals surface area contributed by atoms with Crippen molar-refractivity contribution in [1.82, 2.24) is 15.8 Å². The first kappa shape index (κ1) is 23.7. The van der Waals surface area contributed by atoms with Crippen molar-refractivity contribution < 1.29 is 14.4 Å². The summed E-state index contributed by atoms with van der Waals surface area (Å²) in [4.78, 5) is 38.7. The second kappa shape index (κ2) is 11.6. The average molecular weight is 486 g/mol. The van der Waals surface area contributed by atoms with Crippen LogP contribution in [0.3, 0.4) is 0 Å². The Morgan fingerprint density at radius 1 is 1.06 bits per heavy atom. The molecule has 1 heterocycles. The Kier molecular flexibility index (Phi) is 8.61. The predicted octanol–water partition coefficient (Wildman–Crippen LogP) is 4.34. The van der Waals surface area contributed by atoms with Crippen LogP contribution in [0.4, 0.5) is 0 Å². The maximum absolute atomic E-state index is 12.6. The van der Waals surface area contributed by atoms with Gasteiger partial charge in [0.05, 0.1) is 15.5 Å². The van der Waals surface area contributed by atoms with E-state index in [0.29, 0.717) is 27.2 Å². The van der Waals surface area contributed by atoms with Crippen molar-refractivity contribution in [3.63, 3.8) is 0 Å². The highest BCUT2D eigenvalue weighted by atomic mass is 35.5. The van der Waals surface area contributed by atoms with Crippen molar-refractivity contribution in [3.8, 4) is 0 Å². The van der Waals surface area contributed by atoms with E-state index in [-0.39, 0.29) is 23.8 Å². The largest absolute Gasteiger partial charge is 0.293 e. The molecular formula is C23H20ClN3O3S2. The number of benzene rings is 2. The summed E-state index contributed by atoms with van der Waals surface area (Å²) in [6.07, 6.45) is 5.98. The lowest BCUT2D eigenvalue weighted by molar-refractivity contribution is -0.124. The van der Waals surface area contributed by atoms with E-state index in [0.717, 1.165) is 5.56 Å². The first-order chi connectivity index (χ1) is 15.5. The molecule has 6 nitrogen and oxygen atoms in total. The Morgan fingerprint density at radius 2 is 1.78 bits per heavy atom. The molecule has 9 heteroatoms. The number of hydrogen-bond donors (Lipinski definition) is 2. The number of halogens is 1. The van der Waals surface area contributed by atoms with Crippen LogP contribution >= 0.6 is 35.6 Å². The van der Waals surface area contributed by atoms with Crippen LogP contribution < -0.4 is 10.9 Å². The molecule has 2 aromatic carbocycles. The number of hydrogen-bond acceptors (Lipinski definition) is 5. The lowest BCUT2D eigenvalue weighted by Crippen LogP contribution is -2.42. The summed E-state index contributed by atoms with van der Waals surface area (Å²) in [6.45, 7) is 0.316. The van der Waals surface area contributed by atoms with E-state index in [1.807, 2.05) is 42.5 Å². The third-order valence-corrected chi connectivity index (χ3v) is 6.15. The highest BCUT2D eigenvalue weighted by molar-refractivity contribution is 8.26. The molecule has 2 N–H and O–H groups in total. The molecule has 0 bridgehead atoms. The van der Waals surface area contributed by atoms with Gasteiger partial charge in [0.25, 0.3) is 11.8 Å². The van der Waals surface area contributed by atoms with Crippen LogP contribution in [0.5, 0.6) is 0 Å². The van der Waals surface area contributed by atoms with Gasteiger partial charge in [-0.3, -0.25) is 30.1 Å². The highest BCUT2D eigenvalue weighted by Gasteiger charge is 2.31. The zero-order chi connectivity index (χ0) is 22.9. The number of carbonyl (C=O) groups is 3. The lowest BCUT2D eigenvalue weighted by atomic mass is 10.2. The van der Waals surface area contributed by atoms with Gasteiger partial charge in [0.2, 0.25) is 5.91 Å². The normalized spacial score (nSPS) is 14.9. The quantitative estimate of drug-likeness (QED) is 0.346. The van der Waals surface area contributed by atoms with Gasteiger partial charge in [-0.2, -0.15) is 0 Å². The Hall–Kier alpha value is -2.94. The number of hydrazine groups is 1. The van der Waals surface area contributed by atoms with E-state index >= 15 is 0 Å². The van der Waals surface area contributed by atoms with Crippen LogP contribution in [-0.2, 0) is 9.59 Å². The van der Waals surface area contributed by atoms with Gasteiger partial charge in [-0.25, -0.2) is 0 Å². The summed E-state index contributed by atoms with van der Waals surface area (Å²) in [6, 6.07) is 16.3. The second-order valence-corrected chi connectivity index (χ2v) is 8.79. The van der Waals surface area contributed by atoms with E-state index in [1.165, 1.54) is 16.7 Å². The third-order valence-electron chi connectivity index (χ3n) is 4.43. The van der Waals surface area contributed by atoms with E-state index in [9.17, 15) is 14.4 Å². The molecule has 0 saturated carbocycles. The van der Waals surface area contributed by atoms with Gasteiger partial charge in [-0.1, -0.05) is 90.2 Å². The fourth-order valence-electron chi connectivity index (χ4n) is 2.82. The van der Waals surface area contributed by atoms with Crippen LogP contribution in [0.25, 0.3) is 6.08 Å². The molecule has 1 aliphatic rings. The third kappa shape index (κ3) is 6.53. The monoisotopic (exact) mass is 485 g/mol. The minimum Gasteiger partial charge on any atom is -0.293 e. The smallest absolute Gasteiger partial charge is 0.271 e. The number of thioether (sulfide) groups is 1. The Morgan fingerprint density at radius 3 is 2.53 bits per heavy atom. The minimum atomic E-state index is -0.505. The predicted molar refractivity (Wildman–Crippen MR) is 132 cm³/mol. The van der Waals surface area contributed by atoms with Gasteiger partial charge in [-0.15, -0.1) is 0 Å². The van der Waals surface area contributed by atoms with E-state index in [1.54, 1.807) is 30.3 Å². The SMILES string of the molecule is O=C(CCCN1C(=O)C(=CC=Cc2ccccc2)SC1=S)NNC(=O)c1ccccc1Cl. The standard InChI is InChI=1S/C23H20ClN3O3S2/c24-18-12-5-4-11-17(18)21(29)26-25-20(28)14-7-15-27-22(30)19(32-23(27)31)13-6-10-16-8-2-1-3-9-16/h1-6,8-13H,7,14-15H2,(H,25,28)(H,26,29). The van der Waals surface area contributed by atoms with Crippen LogP contribution in [0, 0.1) is 0 Å². The van der Waals surface area contributed by atoms with Gasteiger partial charge in [-0.05, 0) is 30.2 Å². The summed E-state index contributed by atoms with van der Waals surface area (Å²) >= 11 is 12.5. The van der Waals surface area contributed by atoms with Crippen molar-refractivity contribution in [1.29, 1.82) is 0 Å². The summed E-state index contributed by atoms with van der Waals surface area (Å²) < 4.78 is 0.460. The number of thiocarbonyl (C=S) groups is 1. The van der Waals surface area contributed by atoms with Crippen molar-refractivity contribution in [2.24, 2.45) is 0 Å². The van der Waals surface area contributed by atoms with Gasteiger partial charge in [0, 0.05) is 13.0 Å². The summed E-state index contributed by atoms with van der Waals surface area (Å²) in [5.41, 5.74) is 5.98. The van der Waals surface area contributed by atoms with Crippen LogP contribution in [-0.4, -0.2) is 33.5 Å². The topological polar surface area (TPSA) is 78.5 Å². The molecule has 1 aliphatic heterocycles. The molecule has 32 heavy (non-hydrogen) atoms. The van der Waals surface area contributed by atoms with E-state index < -0.39 is 5.91 Å². The first-order valence-electron chi connectivity index (χ1n) is 9.76. The fourth-order valence-corrected chi connectivity index (χ4v) is 4.30. The fraction of sp³-hybridized carbons (Fsp3) is 0.130. The second-order valence-electron chi connectivity index (χ2n) is 6.71. The highest BCUT2D eigenvalue weighted by Crippen LogP contribution is 2.31. The molecule has 2 aromatic rings. The van der Waals surface area contributed by atoms with Crippen molar-refractivity contribution >= 4 is 63.7 Å². The van der Waals surface area contributed by atoms with Gasteiger partial charge in [0.15, 0.2) is 0 Å². The maximum Gasteiger partial charge on any atom is 0.271 e. The Bertz CT molecular complexity index is 1090. The summed E-state index contributed by atoms with van der Waals surface area (Å²) in [7, 11) is 0. The van der Waals surface area contributed by atoms with Crippen LogP contribution in [0.1, 0.15) is 28.8 Å². The van der Waals surface area contributed by atoms with Gasteiger partial charge < -0.3 is 0 Å². The number of allylic oxidation sites excluding steroid dienone is 2. The molecule has 1 fully saturated rings. The first-order valence-corrected chi connectivity index (χ1v) is 11.4. The van der Waals surface area contributed by atoms with Crippen LogP contribution in [0.2, 0.25) is 5.02 Å². The molecule has 164 valence electrons. The molecule has 3 rings (SSSR count). The number of carbonyl (C=O) groups excluding carboxylic acids is 3. The molecule has 0 aliphatic carbocycles. The minimum absolute atomic E-state index is 0.118. The molecule has 0 unspecified atom stereocenters. The molecular weight excluding hydrogens is 466 g/mol. The van der Waals surface area contributed by atoms with Crippen molar-refractivity contribution in [2.75, 3.05) is 6.54 Å². The summed E-state index contributed by atoms with van der Waals surface area (Å²) in [5.74, 6) is -1.06. The maximum atomic E-state index is 12.6. The molecule has 0 spiro atoms. The number of rotatable bonds is 7. The molecule has 3 amide bonds. The molecule has 0 aromatic heterocycles.